The Hall–Kier alpha value is -3.99. The number of halogens is 9. The molecule has 5 rings (SSSR count). The van der Waals surface area contributed by atoms with E-state index in [0.717, 1.165) is 49.2 Å². The molecule has 0 N–H and O–H groups in total. The lowest BCUT2D eigenvalue weighted by molar-refractivity contribution is -0.189. The second-order valence-electron chi connectivity index (χ2n) is 11.3. The fourth-order valence-electron chi connectivity index (χ4n) is 5.68. The first-order valence-corrected chi connectivity index (χ1v) is 14.8. The van der Waals surface area contributed by atoms with Gasteiger partial charge >= 0.3 is 6.11 Å². The van der Waals surface area contributed by atoms with Gasteiger partial charge in [0.25, 0.3) is 0 Å². The zero-order chi connectivity index (χ0) is 33.2. The Balaban J connectivity index is 1.30. The molecule has 4 aromatic rings. The van der Waals surface area contributed by atoms with Crippen LogP contribution in [0.3, 0.4) is 0 Å². The van der Waals surface area contributed by atoms with Crippen molar-refractivity contribution in [3.63, 3.8) is 0 Å². The summed E-state index contributed by atoms with van der Waals surface area (Å²) in [6, 6.07) is 8.49. The third-order valence-electron chi connectivity index (χ3n) is 8.11. The van der Waals surface area contributed by atoms with E-state index in [-0.39, 0.29) is 39.8 Å². The standard InChI is InChI=1S/C35H29F9O2/c1-2-3-12-45-23-7-4-19(5-8-23)21-14-29(38)33(30(39)15-21)35(43,44)46-24-9-11-25(28(37)18-24)20-6-10-26(27(36)13-20)22-16-31(40)34(42)32(41)17-22/h6,9-11,13-19,23H,2-5,7-8,12H2,1H3. The van der Waals surface area contributed by atoms with Gasteiger partial charge in [0.15, 0.2) is 17.5 Å². The minimum absolute atomic E-state index is 0.0537. The average Bonchev–Trinajstić information content (AvgIpc) is 2.99. The molecule has 1 aliphatic carbocycles. The molecule has 0 saturated heterocycles. The summed E-state index contributed by atoms with van der Waals surface area (Å²) in [5, 5.41) is 0. The molecule has 0 atom stereocenters. The molecule has 0 bridgehead atoms. The van der Waals surface area contributed by atoms with E-state index >= 15 is 13.2 Å². The molecule has 244 valence electrons. The molecule has 0 heterocycles. The molecule has 0 unspecified atom stereocenters. The zero-order valence-corrected chi connectivity index (χ0v) is 24.6. The van der Waals surface area contributed by atoms with Gasteiger partial charge in [-0.15, -0.1) is 0 Å². The Morgan fingerprint density at radius 2 is 1.22 bits per heavy atom. The van der Waals surface area contributed by atoms with Crippen LogP contribution >= 0.6 is 0 Å². The minimum Gasteiger partial charge on any atom is -0.429 e. The predicted molar refractivity (Wildman–Crippen MR) is 154 cm³/mol. The first-order chi connectivity index (χ1) is 21.9. The van der Waals surface area contributed by atoms with Crippen LogP contribution in [0, 0.1) is 40.7 Å². The number of ether oxygens (including phenoxy) is 2. The van der Waals surface area contributed by atoms with Crippen LogP contribution in [0.2, 0.25) is 0 Å². The van der Waals surface area contributed by atoms with E-state index in [1.165, 1.54) is 6.07 Å². The molecule has 1 fully saturated rings. The SMILES string of the molecule is CCCCOC1CCC(c2cc(F)c(C(F)(F)Oc3ccc(-c4ccc(-c5cc(F)c(F)c(F)c5)c(F)c4)c(F)c3)c(F)c2)CC1. The van der Waals surface area contributed by atoms with E-state index in [1.807, 2.05) is 0 Å². The monoisotopic (exact) mass is 652 g/mol. The largest absolute Gasteiger partial charge is 0.432 e. The molecule has 4 aromatic carbocycles. The Morgan fingerprint density at radius 3 is 1.80 bits per heavy atom. The van der Waals surface area contributed by atoms with Crippen molar-refractivity contribution in [3.8, 4) is 28.0 Å². The lowest BCUT2D eigenvalue weighted by Crippen LogP contribution is -2.26. The maximum absolute atomic E-state index is 15.1. The number of alkyl halides is 2. The number of benzene rings is 4. The van der Waals surface area contributed by atoms with Crippen LogP contribution in [-0.2, 0) is 10.8 Å². The molecule has 2 nitrogen and oxygen atoms in total. The molecule has 46 heavy (non-hydrogen) atoms. The summed E-state index contributed by atoms with van der Waals surface area (Å²) in [6.07, 6.45) is 0.0223. The van der Waals surface area contributed by atoms with Crippen LogP contribution in [0.4, 0.5) is 39.5 Å². The quantitative estimate of drug-likeness (QED) is 0.0964. The van der Waals surface area contributed by atoms with Crippen molar-refractivity contribution in [2.45, 2.75) is 63.6 Å². The van der Waals surface area contributed by atoms with Gasteiger partial charge in [-0.3, -0.25) is 0 Å². The van der Waals surface area contributed by atoms with E-state index in [2.05, 4.69) is 11.7 Å². The summed E-state index contributed by atoms with van der Waals surface area (Å²) in [4.78, 5) is 0. The van der Waals surface area contributed by atoms with E-state index in [4.69, 9.17) is 4.74 Å². The zero-order valence-electron chi connectivity index (χ0n) is 24.6. The lowest BCUT2D eigenvalue weighted by Gasteiger charge is -2.29. The van der Waals surface area contributed by atoms with Gasteiger partial charge < -0.3 is 9.47 Å². The number of rotatable bonds is 10. The summed E-state index contributed by atoms with van der Waals surface area (Å²) in [7, 11) is 0. The first kappa shape index (κ1) is 33.4. The highest BCUT2D eigenvalue weighted by Gasteiger charge is 2.42. The fraction of sp³-hybridized carbons (Fsp3) is 0.314. The molecular weight excluding hydrogens is 623 g/mol. The maximum Gasteiger partial charge on any atom is 0.432 e. The number of unbranched alkanes of at least 4 members (excludes halogenated alkanes) is 1. The van der Waals surface area contributed by atoms with Crippen molar-refractivity contribution in [1.82, 2.24) is 0 Å². The van der Waals surface area contributed by atoms with E-state index < -0.39 is 58.1 Å². The van der Waals surface area contributed by atoms with Gasteiger partial charge in [-0.25, -0.2) is 30.7 Å². The van der Waals surface area contributed by atoms with E-state index in [9.17, 15) is 26.3 Å². The highest BCUT2D eigenvalue weighted by atomic mass is 19.3. The van der Waals surface area contributed by atoms with Crippen molar-refractivity contribution in [2.24, 2.45) is 0 Å². The van der Waals surface area contributed by atoms with Crippen molar-refractivity contribution in [2.75, 3.05) is 6.61 Å². The number of hydrogen-bond donors (Lipinski definition) is 0. The van der Waals surface area contributed by atoms with Crippen LogP contribution < -0.4 is 4.74 Å². The van der Waals surface area contributed by atoms with Gasteiger partial charge in [0, 0.05) is 23.8 Å². The van der Waals surface area contributed by atoms with Gasteiger partial charge in [-0.1, -0.05) is 25.5 Å². The van der Waals surface area contributed by atoms with Crippen molar-refractivity contribution < 1.29 is 49.0 Å². The third-order valence-corrected chi connectivity index (χ3v) is 8.11. The van der Waals surface area contributed by atoms with Crippen molar-refractivity contribution in [1.29, 1.82) is 0 Å². The van der Waals surface area contributed by atoms with Gasteiger partial charge in [0.05, 0.1) is 6.10 Å². The van der Waals surface area contributed by atoms with Gasteiger partial charge in [0.1, 0.15) is 34.6 Å². The van der Waals surface area contributed by atoms with Gasteiger partial charge in [0.2, 0.25) is 0 Å². The summed E-state index contributed by atoms with van der Waals surface area (Å²) in [5.41, 5.74) is -2.31. The Bertz CT molecular complexity index is 1670. The highest BCUT2D eigenvalue weighted by Crippen LogP contribution is 2.40. The van der Waals surface area contributed by atoms with Crippen LogP contribution in [0.5, 0.6) is 5.75 Å². The average molecular weight is 653 g/mol. The van der Waals surface area contributed by atoms with Crippen molar-refractivity contribution in [3.05, 3.63) is 113 Å². The molecule has 1 saturated carbocycles. The second kappa shape index (κ2) is 13.8. The smallest absolute Gasteiger partial charge is 0.429 e. The van der Waals surface area contributed by atoms with Crippen LogP contribution in [0.15, 0.2) is 60.7 Å². The topological polar surface area (TPSA) is 18.5 Å². The van der Waals surface area contributed by atoms with Crippen LogP contribution in [-0.4, -0.2) is 12.7 Å². The first-order valence-electron chi connectivity index (χ1n) is 14.8. The summed E-state index contributed by atoms with van der Waals surface area (Å²) in [5.74, 6) is -10.9. The van der Waals surface area contributed by atoms with Crippen LogP contribution in [0.1, 0.15) is 62.5 Å². The van der Waals surface area contributed by atoms with E-state index in [1.54, 1.807) is 0 Å². The fourth-order valence-corrected chi connectivity index (χ4v) is 5.68. The van der Waals surface area contributed by atoms with E-state index in [0.29, 0.717) is 50.5 Å². The Kier molecular flexibility index (Phi) is 10.0. The molecule has 11 heteroatoms. The predicted octanol–water partition coefficient (Wildman–Crippen LogP) is 11.0. The molecular formula is C35H29F9O2. The molecule has 0 radical (unpaired) electrons. The van der Waals surface area contributed by atoms with Gasteiger partial charge in [-0.2, -0.15) is 8.78 Å². The second-order valence-corrected chi connectivity index (χ2v) is 11.3. The molecule has 1 aliphatic rings. The Morgan fingerprint density at radius 1 is 0.652 bits per heavy atom. The third kappa shape index (κ3) is 7.19. The van der Waals surface area contributed by atoms with Crippen molar-refractivity contribution >= 4 is 0 Å². The lowest BCUT2D eigenvalue weighted by atomic mass is 9.82. The van der Waals surface area contributed by atoms with Crippen LogP contribution in [0.25, 0.3) is 22.3 Å². The molecule has 0 aromatic heterocycles. The molecule has 0 aliphatic heterocycles. The minimum atomic E-state index is -4.51. The Labute approximate surface area is 259 Å². The normalized spacial score (nSPS) is 16.9. The maximum atomic E-state index is 15.1. The molecule has 0 amide bonds. The highest BCUT2D eigenvalue weighted by molar-refractivity contribution is 5.72. The summed E-state index contributed by atoms with van der Waals surface area (Å²) >= 11 is 0. The van der Waals surface area contributed by atoms with Gasteiger partial charge in [-0.05, 0) is 97.2 Å². The molecule has 0 spiro atoms. The summed E-state index contributed by atoms with van der Waals surface area (Å²) < 4.78 is 141. The number of hydrogen-bond acceptors (Lipinski definition) is 2. The summed E-state index contributed by atoms with van der Waals surface area (Å²) in [6.45, 7) is 2.69.